The van der Waals surface area contributed by atoms with E-state index < -0.39 is 4.92 Å². The molecule has 1 aromatic rings. The van der Waals surface area contributed by atoms with Crippen LogP contribution in [0.15, 0.2) is 23.1 Å². The van der Waals surface area contributed by atoms with Gasteiger partial charge in [0.1, 0.15) is 5.56 Å². The topological polar surface area (TPSA) is 87.0 Å². The van der Waals surface area contributed by atoms with Crippen molar-refractivity contribution in [2.45, 2.75) is 37.1 Å². The van der Waals surface area contributed by atoms with E-state index in [2.05, 4.69) is 11.8 Å². The summed E-state index contributed by atoms with van der Waals surface area (Å²) in [7, 11) is 0. The van der Waals surface area contributed by atoms with Gasteiger partial charge in [-0.15, -0.1) is 11.8 Å². The highest BCUT2D eigenvalue weighted by Crippen LogP contribution is 2.26. The number of hydrogen-bond acceptors (Lipinski definition) is 6. The SMILES string of the molecule is CSc1ccc([N+](=O)[O-])c(C(=O)N2CCN(CC(=O)N3CCCCC3C)CC2)c1. The summed E-state index contributed by atoms with van der Waals surface area (Å²) in [6.07, 6.45) is 5.16. The smallest absolute Gasteiger partial charge is 0.282 e. The lowest BCUT2D eigenvalue weighted by molar-refractivity contribution is -0.385. The zero-order chi connectivity index (χ0) is 21.0. The second-order valence-corrected chi connectivity index (χ2v) is 8.52. The molecule has 2 saturated heterocycles. The summed E-state index contributed by atoms with van der Waals surface area (Å²) in [5.74, 6) is -0.163. The Balaban J connectivity index is 1.60. The molecule has 0 aromatic heterocycles. The van der Waals surface area contributed by atoms with E-state index in [0.29, 0.717) is 38.8 Å². The first-order chi connectivity index (χ1) is 13.9. The highest BCUT2D eigenvalue weighted by Gasteiger charge is 2.30. The Bertz CT molecular complexity index is 780. The molecule has 0 saturated carbocycles. The highest BCUT2D eigenvalue weighted by molar-refractivity contribution is 7.98. The van der Waals surface area contributed by atoms with Crippen molar-refractivity contribution in [2.24, 2.45) is 0 Å². The van der Waals surface area contributed by atoms with E-state index >= 15 is 0 Å². The monoisotopic (exact) mass is 420 g/mol. The molecule has 29 heavy (non-hydrogen) atoms. The summed E-state index contributed by atoms with van der Waals surface area (Å²) >= 11 is 1.44. The Morgan fingerprint density at radius 2 is 1.90 bits per heavy atom. The number of nitro groups is 1. The molecule has 1 unspecified atom stereocenters. The number of piperidine rings is 1. The normalized spacial score (nSPS) is 20.6. The standard InChI is InChI=1S/C20H28N4O4S/c1-15-5-3-4-8-23(15)19(25)14-21-9-11-22(12-10-21)20(26)17-13-16(29-2)6-7-18(17)24(27)28/h6-7,13,15H,3-5,8-12,14H2,1-2H3. The minimum Gasteiger partial charge on any atom is -0.339 e. The van der Waals surface area contributed by atoms with Gasteiger partial charge >= 0.3 is 0 Å². The molecule has 0 radical (unpaired) electrons. The van der Waals surface area contributed by atoms with Crippen LogP contribution in [0.4, 0.5) is 5.69 Å². The van der Waals surface area contributed by atoms with E-state index in [1.165, 1.54) is 24.2 Å². The van der Waals surface area contributed by atoms with Crippen molar-refractivity contribution in [1.29, 1.82) is 0 Å². The van der Waals surface area contributed by atoms with Gasteiger partial charge in [0.15, 0.2) is 0 Å². The fourth-order valence-electron chi connectivity index (χ4n) is 4.00. The molecule has 2 aliphatic heterocycles. The molecule has 3 rings (SSSR count). The molecule has 2 heterocycles. The maximum absolute atomic E-state index is 12.9. The van der Waals surface area contributed by atoms with Gasteiger partial charge in [0.2, 0.25) is 5.91 Å². The quantitative estimate of drug-likeness (QED) is 0.413. The maximum Gasteiger partial charge on any atom is 0.282 e. The van der Waals surface area contributed by atoms with Crippen molar-refractivity contribution in [1.82, 2.24) is 14.7 Å². The lowest BCUT2D eigenvalue weighted by Gasteiger charge is -2.38. The summed E-state index contributed by atoms with van der Waals surface area (Å²) in [6, 6.07) is 4.94. The first-order valence-corrected chi connectivity index (χ1v) is 11.3. The summed E-state index contributed by atoms with van der Waals surface area (Å²) < 4.78 is 0. The average Bonchev–Trinajstić information content (AvgIpc) is 2.73. The van der Waals surface area contributed by atoms with Crippen LogP contribution in [0.25, 0.3) is 0 Å². The second kappa shape index (κ2) is 9.58. The molecule has 2 fully saturated rings. The lowest BCUT2D eigenvalue weighted by atomic mass is 10.0. The summed E-state index contributed by atoms with van der Waals surface area (Å²) in [6.45, 7) is 5.40. The van der Waals surface area contributed by atoms with Gasteiger partial charge < -0.3 is 9.80 Å². The van der Waals surface area contributed by atoms with E-state index in [-0.39, 0.29) is 23.1 Å². The number of rotatable bonds is 5. The minimum atomic E-state index is -0.508. The molecule has 0 aliphatic carbocycles. The fourth-order valence-corrected chi connectivity index (χ4v) is 4.44. The van der Waals surface area contributed by atoms with Crippen LogP contribution in [0, 0.1) is 10.1 Å². The molecule has 0 bridgehead atoms. The average molecular weight is 421 g/mol. The number of nitro benzene ring substituents is 1. The van der Waals surface area contributed by atoms with Crippen LogP contribution >= 0.6 is 11.8 Å². The van der Waals surface area contributed by atoms with E-state index in [9.17, 15) is 19.7 Å². The Labute approximate surface area is 175 Å². The number of carbonyl (C=O) groups excluding carboxylic acids is 2. The molecule has 158 valence electrons. The van der Waals surface area contributed by atoms with Crippen molar-refractivity contribution in [2.75, 3.05) is 45.5 Å². The molecule has 0 spiro atoms. The number of nitrogens with zero attached hydrogens (tertiary/aromatic N) is 4. The first-order valence-electron chi connectivity index (χ1n) is 10.0. The second-order valence-electron chi connectivity index (χ2n) is 7.64. The Morgan fingerprint density at radius 3 is 2.52 bits per heavy atom. The van der Waals surface area contributed by atoms with Crippen LogP contribution in [0.3, 0.4) is 0 Å². The van der Waals surface area contributed by atoms with Crippen LogP contribution in [0.2, 0.25) is 0 Å². The van der Waals surface area contributed by atoms with Crippen LogP contribution in [-0.2, 0) is 4.79 Å². The lowest BCUT2D eigenvalue weighted by Crippen LogP contribution is -2.53. The van der Waals surface area contributed by atoms with Gasteiger partial charge in [0.05, 0.1) is 11.5 Å². The molecule has 1 aromatic carbocycles. The van der Waals surface area contributed by atoms with Crippen LogP contribution in [0.5, 0.6) is 0 Å². The van der Waals surface area contributed by atoms with E-state index in [1.807, 2.05) is 11.2 Å². The number of amides is 2. The third-order valence-electron chi connectivity index (χ3n) is 5.77. The fraction of sp³-hybridized carbons (Fsp3) is 0.600. The van der Waals surface area contributed by atoms with Gasteiger partial charge in [-0.1, -0.05) is 0 Å². The molecular formula is C20H28N4O4S. The Morgan fingerprint density at radius 1 is 1.17 bits per heavy atom. The van der Waals surface area contributed by atoms with E-state index in [4.69, 9.17) is 0 Å². The first kappa shape index (κ1) is 21.6. The summed E-state index contributed by atoms with van der Waals surface area (Å²) in [5, 5.41) is 11.3. The van der Waals surface area contributed by atoms with Crippen molar-refractivity contribution in [3.8, 4) is 0 Å². The largest absolute Gasteiger partial charge is 0.339 e. The molecular weight excluding hydrogens is 392 g/mol. The number of benzene rings is 1. The summed E-state index contributed by atoms with van der Waals surface area (Å²) in [5.41, 5.74) is -0.0296. The van der Waals surface area contributed by atoms with Crippen molar-refractivity contribution in [3.63, 3.8) is 0 Å². The number of piperazine rings is 1. The molecule has 0 N–H and O–H groups in total. The van der Waals surface area contributed by atoms with Crippen LogP contribution in [0.1, 0.15) is 36.5 Å². The summed E-state index contributed by atoms with van der Waals surface area (Å²) in [4.78, 5) is 42.9. The maximum atomic E-state index is 12.9. The molecule has 9 heteroatoms. The number of likely N-dealkylation sites (tertiary alicyclic amines) is 1. The minimum absolute atomic E-state index is 0.133. The van der Waals surface area contributed by atoms with Gasteiger partial charge in [0.25, 0.3) is 11.6 Å². The third kappa shape index (κ3) is 5.08. The molecule has 2 amide bonds. The van der Waals surface area contributed by atoms with Gasteiger partial charge in [-0.25, -0.2) is 0 Å². The number of carbonyl (C=O) groups is 2. The van der Waals surface area contributed by atoms with E-state index in [1.54, 1.807) is 17.0 Å². The van der Waals surface area contributed by atoms with Gasteiger partial charge in [0, 0.05) is 49.7 Å². The molecule has 2 aliphatic rings. The van der Waals surface area contributed by atoms with Crippen LogP contribution < -0.4 is 0 Å². The Kier molecular flexibility index (Phi) is 7.13. The van der Waals surface area contributed by atoms with Crippen molar-refractivity contribution >= 4 is 29.3 Å². The number of hydrogen-bond donors (Lipinski definition) is 0. The zero-order valence-electron chi connectivity index (χ0n) is 17.0. The van der Waals surface area contributed by atoms with Crippen LogP contribution in [-0.4, -0.2) is 83.0 Å². The van der Waals surface area contributed by atoms with Gasteiger partial charge in [-0.3, -0.25) is 24.6 Å². The van der Waals surface area contributed by atoms with Gasteiger partial charge in [-0.2, -0.15) is 0 Å². The predicted molar refractivity (Wildman–Crippen MR) is 112 cm³/mol. The van der Waals surface area contributed by atoms with Crippen molar-refractivity contribution in [3.05, 3.63) is 33.9 Å². The van der Waals surface area contributed by atoms with Crippen molar-refractivity contribution < 1.29 is 14.5 Å². The predicted octanol–water partition coefficient (Wildman–Crippen LogP) is 2.48. The highest BCUT2D eigenvalue weighted by atomic mass is 32.2. The molecule has 1 atom stereocenters. The van der Waals surface area contributed by atoms with E-state index in [0.717, 1.165) is 24.3 Å². The van der Waals surface area contributed by atoms with Gasteiger partial charge in [-0.05, 0) is 44.6 Å². The Hall–Kier alpha value is -2.13. The third-order valence-corrected chi connectivity index (χ3v) is 6.50. The molecule has 8 nitrogen and oxygen atoms in total. The number of thioether (sulfide) groups is 1. The zero-order valence-corrected chi connectivity index (χ0v) is 17.8.